The van der Waals surface area contributed by atoms with Crippen LogP contribution >= 0.6 is 11.6 Å². The van der Waals surface area contributed by atoms with E-state index in [1.54, 1.807) is 0 Å². The third-order valence-electron chi connectivity index (χ3n) is 3.01. The molecule has 6 heteroatoms. The van der Waals surface area contributed by atoms with Crippen molar-refractivity contribution in [2.75, 3.05) is 6.54 Å². The van der Waals surface area contributed by atoms with Crippen molar-refractivity contribution in [2.45, 2.75) is 32.0 Å². The van der Waals surface area contributed by atoms with Crippen molar-refractivity contribution in [3.05, 3.63) is 35.0 Å². The van der Waals surface area contributed by atoms with Crippen molar-refractivity contribution in [2.24, 2.45) is 0 Å². The fourth-order valence-electron chi connectivity index (χ4n) is 2.02. The van der Waals surface area contributed by atoms with Gasteiger partial charge in [0.1, 0.15) is 5.58 Å². The van der Waals surface area contributed by atoms with Crippen molar-refractivity contribution < 1.29 is 17.6 Å². The smallest absolute Gasteiger partial charge is 0.389 e. The maximum absolute atomic E-state index is 12.0. The van der Waals surface area contributed by atoms with E-state index in [0.717, 1.165) is 10.9 Å². The Morgan fingerprint density at radius 2 is 1.90 bits per heavy atom. The van der Waals surface area contributed by atoms with Gasteiger partial charge < -0.3 is 9.73 Å². The van der Waals surface area contributed by atoms with Crippen LogP contribution in [0.1, 0.15) is 24.8 Å². The van der Waals surface area contributed by atoms with Gasteiger partial charge in [-0.3, -0.25) is 0 Å². The molecule has 2 rings (SSSR count). The quantitative estimate of drug-likeness (QED) is 0.767. The van der Waals surface area contributed by atoms with Gasteiger partial charge in [0.15, 0.2) is 5.22 Å². The Hall–Kier alpha value is -1.20. The number of halogens is 4. The van der Waals surface area contributed by atoms with Crippen molar-refractivity contribution in [3.8, 4) is 0 Å². The molecule has 0 bridgehead atoms. The van der Waals surface area contributed by atoms with Crippen LogP contribution in [0.3, 0.4) is 0 Å². The Morgan fingerprint density at radius 1 is 1.15 bits per heavy atom. The van der Waals surface area contributed by atoms with Gasteiger partial charge in [-0.15, -0.1) is 0 Å². The van der Waals surface area contributed by atoms with Crippen LogP contribution in [0.25, 0.3) is 11.0 Å². The first kappa shape index (κ1) is 15.2. The summed E-state index contributed by atoms with van der Waals surface area (Å²) in [5.41, 5.74) is 1.56. The van der Waals surface area contributed by atoms with Crippen molar-refractivity contribution in [3.63, 3.8) is 0 Å². The van der Waals surface area contributed by atoms with Crippen LogP contribution in [-0.4, -0.2) is 12.7 Å². The van der Waals surface area contributed by atoms with Crippen LogP contribution in [0.15, 0.2) is 28.7 Å². The van der Waals surface area contributed by atoms with E-state index in [1.807, 2.05) is 24.3 Å². The zero-order valence-corrected chi connectivity index (χ0v) is 11.5. The van der Waals surface area contributed by atoms with Crippen LogP contribution in [0.5, 0.6) is 0 Å². The fraction of sp³-hybridized carbons (Fsp3) is 0.429. The summed E-state index contributed by atoms with van der Waals surface area (Å²) >= 11 is 6.01. The second-order valence-corrected chi connectivity index (χ2v) is 4.94. The van der Waals surface area contributed by atoms with E-state index in [2.05, 4.69) is 5.32 Å². The molecule has 110 valence electrons. The predicted molar refractivity (Wildman–Crippen MR) is 72.8 cm³/mol. The first-order chi connectivity index (χ1) is 9.47. The highest BCUT2D eigenvalue weighted by atomic mass is 35.5. The molecular formula is C14H15ClF3NO. The number of furan rings is 1. The Bertz CT molecular complexity index is 565. The van der Waals surface area contributed by atoms with E-state index in [4.69, 9.17) is 16.0 Å². The second kappa shape index (κ2) is 6.50. The number of fused-ring (bicyclic) bond motifs is 1. The molecule has 0 saturated carbocycles. The Kier molecular flexibility index (Phi) is 4.94. The van der Waals surface area contributed by atoms with Gasteiger partial charge in [-0.25, -0.2) is 0 Å². The van der Waals surface area contributed by atoms with Crippen molar-refractivity contribution in [1.29, 1.82) is 0 Å². The van der Waals surface area contributed by atoms with Gasteiger partial charge in [0.2, 0.25) is 0 Å². The van der Waals surface area contributed by atoms with Gasteiger partial charge in [-0.1, -0.05) is 18.2 Å². The van der Waals surface area contributed by atoms with Gasteiger partial charge >= 0.3 is 6.18 Å². The summed E-state index contributed by atoms with van der Waals surface area (Å²) in [4.78, 5) is 0. The standard InChI is InChI=1S/C14H15ClF3NO/c15-13-11(10-5-1-2-6-12(10)20-13)9-19-8-4-3-7-14(16,17)18/h1-2,5-6,19H,3-4,7-9H2. The van der Waals surface area contributed by atoms with Crippen molar-refractivity contribution in [1.82, 2.24) is 5.32 Å². The first-order valence-electron chi connectivity index (χ1n) is 6.41. The zero-order valence-electron chi connectivity index (χ0n) is 10.8. The molecule has 0 aliphatic heterocycles. The molecule has 0 saturated heterocycles. The number of para-hydroxylation sites is 1. The van der Waals surface area contributed by atoms with Crippen LogP contribution in [-0.2, 0) is 6.54 Å². The average Bonchev–Trinajstić information content (AvgIpc) is 2.68. The lowest BCUT2D eigenvalue weighted by Crippen LogP contribution is -2.16. The Labute approximate surface area is 119 Å². The molecule has 1 N–H and O–H groups in total. The summed E-state index contributed by atoms with van der Waals surface area (Å²) in [6.07, 6.45) is -4.18. The Morgan fingerprint density at radius 3 is 2.65 bits per heavy atom. The van der Waals surface area contributed by atoms with Crippen LogP contribution in [0.2, 0.25) is 5.22 Å². The summed E-state index contributed by atoms with van der Waals surface area (Å²) < 4.78 is 41.3. The minimum atomic E-state index is -4.07. The molecule has 1 aromatic heterocycles. The SMILES string of the molecule is FC(F)(F)CCCCNCc1c(Cl)oc2ccccc12. The molecule has 0 atom stereocenters. The number of alkyl halides is 3. The second-order valence-electron chi connectivity index (χ2n) is 4.60. The highest BCUT2D eigenvalue weighted by molar-refractivity contribution is 6.30. The molecule has 2 aromatic rings. The number of nitrogens with one attached hydrogen (secondary N) is 1. The highest BCUT2D eigenvalue weighted by Gasteiger charge is 2.25. The third-order valence-corrected chi connectivity index (χ3v) is 3.32. The summed E-state index contributed by atoms with van der Waals surface area (Å²) in [5, 5.41) is 4.35. The molecule has 0 aliphatic carbocycles. The predicted octanol–water partition coefficient (Wildman–Crippen LogP) is 4.91. The largest absolute Gasteiger partial charge is 0.444 e. The highest BCUT2D eigenvalue weighted by Crippen LogP contribution is 2.29. The molecule has 0 aliphatic rings. The van der Waals surface area contributed by atoms with E-state index in [0.29, 0.717) is 30.3 Å². The molecule has 20 heavy (non-hydrogen) atoms. The molecule has 0 spiro atoms. The van der Waals surface area contributed by atoms with Crippen molar-refractivity contribution >= 4 is 22.6 Å². The molecule has 2 nitrogen and oxygen atoms in total. The first-order valence-corrected chi connectivity index (χ1v) is 6.78. The maximum atomic E-state index is 12.0. The fourth-order valence-corrected chi connectivity index (χ4v) is 2.27. The van der Waals surface area contributed by atoms with Crippen LogP contribution in [0, 0.1) is 0 Å². The summed E-state index contributed by atoms with van der Waals surface area (Å²) in [6.45, 7) is 1.01. The monoisotopic (exact) mass is 305 g/mol. The number of unbranched alkanes of at least 4 members (excludes halogenated alkanes) is 1. The minimum absolute atomic E-state index is 0.135. The molecule has 1 aromatic carbocycles. The van der Waals surface area contributed by atoms with E-state index in [9.17, 15) is 13.2 Å². The minimum Gasteiger partial charge on any atom is -0.444 e. The average molecular weight is 306 g/mol. The van der Waals surface area contributed by atoms with E-state index in [1.165, 1.54) is 0 Å². The number of hydrogen-bond acceptors (Lipinski definition) is 2. The van der Waals surface area contributed by atoms with E-state index >= 15 is 0 Å². The van der Waals surface area contributed by atoms with Gasteiger partial charge in [-0.05, 0) is 37.1 Å². The lowest BCUT2D eigenvalue weighted by Gasteiger charge is -2.06. The maximum Gasteiger partial charge on any atom is 0.389 e. The number of hydrogen-bond donors (Lipinski definition) is 1. The molecule has 0 radical (unpaired) electrons. The van der Waals surface area contributed by atoms with E-state index in [-0.39, 0.29) is 6.42 Å². The molecule has 0 fully saturated rings. The topological polar surface area (TPSA) is 25.2 Å². The molecule has 0 unspecified atom stereocenters. The zero-order chi connectivity index (χ0) is 14.6. The summed E-state index contributed by atoms with van der Waals surface area (Å²) in [5.74, 6) is 0. The molecule has 0 amide bonds. The lowest BCUT2D eigenvalue weighted by atomic mass is 10.1. The molecule has 1 heterocycles. The number of rotatable bonds is 6. The van der Waals surface area contributed by atoms with Crippen LogP contribution in [0.4, 0.5) is 13.2 Å². The Balaban J connectivity index is 1.80. The number of benzene rings is 1. The van der Waals surface area contributed by atoms with Gasteiger partial charge in [0.25, 0.3) is 0 Å². The third kappa shape index (κ3) is 4.15. The summed E-state index contributed by atoms with van der Waals surface area (Å²) in [7, 11) is 0. The van der Waals surface area contributed by atoms with Gasteiger partial charge in [0, 0.05) is 23.9 Å². The lowest BCUT2D eigenvalue weighted by molar-refractivity contribution is -0.135. The summed E-state index contributed by atoms with van der Waals surface area (Å²) in [6, 6.07) is 7.48. The normalized spacial score (nSPS) is 12.2. The van der Waals surface area contributed by atoms with Gasteiger partial charge in [-0.2, -0.15) is 13.2 Å². The molecular weight excluding hydrogens is 291 g/mol. The van der Waals surface area contributed by atoms with Gasteiger partial charge in [0.05, 0.1) is 0 Å². The van der Waals surface area contributed by atoms with Crippen LogP contribution < -0.4 is 5.32 Å². The van der Waals surface area contributed by atoms with E-state index < -0.39 is 12.6 Å².